The van der Waals surface area contributed by atoms with Gasteiger partial charge in [-0.05, 0) is 59.4 Å². The summed E-state index contributed by atoms with van der Waals surface area (Å²) in [5.41, 5.74) is 3.74. The number of esters is 1. The summed E-state index contributed by atoms with van der Waals surface area (Å²) < 4.78 is 5.58. The fourth-order valence-electron chi connectivity index (χ4n) is 3.68. The molecule has 0 aromatic heterocycles. The zero-order chi connectivity index (χ0) is 18.8. The Bertz CT molecular complexity index is 1000. The van der Waals surface area contributed by atoms with E-state index in [0.717, 1.165) is 23.6 Å². The van der Waals surface area contributed by atoms with Gasteiger partial charge in [0.25, 0.3) is 5.91 Å². The van der Waals surface area contributed by atoms with Gasteiger partial charge >= 0.3 is 5.97 Å². The van der Waals surface area contributed by atoms with E-state index in [0.29, 0.717) is 17.7 Å². The number of anilines is 1. The van der Waals surface area contributed by atoms with Crippen LogP contribution in [-0.4, -0.2) is 18.0 Å². The van der Waals surface area contributed by atoms with E-state index < -0.39 is 12.1 Å². The topological polar surface area (TPSA) is 55.4 Å². The van der Waals surface area contributed by atoms with Gasteiger partial charge in [0.05, 0.1) is 5.56 Å². The van der Waals surface area contributed by atoms with Gasteiger partial charge in [-0.15, -0.1) is 0 Å². The van der Waals surface area contributed by atoms with Crippen molar-refractivity contribution in [3.05, 3.63) is 77.4 Å². The van der Waals surface area contributed by atoms with Crippen molar-refractivity contribution in [3.8, 4) is 0 Å². The molecule has 0 aliphatic heterocycles. The molecular weight excluding hydrogens is 338 g/mol. The standard InChI is InChI=1S/C23H21NO3/c1-2-20(22(25)24-17-8-4-3-5-9-17)27-23(26)19-14-13-16-12-11-15-7-6-10-18(19)21(15)16/h3-10,13-14,20H,2,11-12H2,1H3,(H,24,25)/t20-/m1/s1. The molecule has 0 bridgehead atoms. The number of para-hydroxylation sites is 1. The Labute approximate surface area is 158 Å². The number of hydrogen-bond donors (Lipinski definition) is 1. The number of benzene rings is 3. The van der Waals surface area contributed by atoms with Crippen LogP contribution in [0.4, 0.5) is 5.69 Å². The Morgan fingerprint density at radius 3 is 2.44 bits per heavy atom. The summed E-state index contributed by atoms with van der Waals surface area (Å²) in [6, 6.07) is 19.0. The zero-order valence-corrected chi connectivity index (χ0v) is 15.2. The van der Waals surface area contributed by atoms with Crippen molar-refractivity contribution in [2.45, 2.75) is 32.3 Å². The molecule has 1 aliphatic carbocycles. The molecule has 4 heteroatoms. The number of carbonyl (C=O) groups is 2. The Morgan fingerprint density at radius 1 is 0.963 bits per heavy atom. The molecule has 1 atom stereocenters. The fraction of sp³-hybridized carbons (Fsp3) is 0.217. The molecule has 4 rings (SSSR count). The average Bonchev–Trinajstić information content (AvgIpc) is 3.12. The van der Waals surface area contributed by atoms with E-state index in [9.17, 15) is 9.59 Å². The molecule has 136 valence electrons. The van der Waals surface area contributed by atoms with Crippen molar-refractivity contribution in [1.29, 1.82) is 0 Å². The lowest BCUT2D eigenvalue weighted by Gasteiger charge is -2.17. The maximum Gasteiger partial charge on any atom is 0.339 e. The number of nitrogens with one attached hydrogen (secondary N) is 1. The van der Waals surface area contributed by atoms with Crippen LogP contribution in [0.25, 0.3) is 10.8 Å². The van der Waals surface area contributed by atoms with E-state index in [1.165, 1.54) is 11.1 Å². The lowest BCUT2D eigenvalue weighted by molar-refractivity contribution is -0.124. The maximum absolute atomic E-state index is 12.8. The van der Waals surface area contributed by atoms with Crippen LogP contribution in [-0.2, 0) is 22.4 Å². The lowest BCUT2D eigenvalue weighted by Crippen LogP contribution is -2.32. The second kappa shape index (κ2) is 7.23. The molecule has 0 radical (unpaired) electrons. The van der Waals surface area contributed by atoms with Gasteiger partial charge in [0.2, 0.25) is 0 Å². The summed E-state index contributed by atoms with van der Waals surface area (Å²) >= 11 is 0. The van der Waals surface area contributed by atoms with Crippen molar-refractivity contribution in [2.75, 3.05) is 5.32 Å². The van der Waals surface area contributed by atoms with Crippen LogP contribution in [0, 0.1) is 0 Å². The van der Waals surface area contributed by atoms with Crippen LogP contribution in [0.1, 0.15) is 34.8 Å². The smallest absolute Gasteiger partial charge is 0.339 e. The molecular formula is C23H21NO3. The van der Waals surface area contributed by atoms with Gasteiger partial charge in [0, 0.05) is 5.69 Å². The summed E-state index contributed by atoms with van der Waals surface area (Å²) in [4.78, 5) is 25.3. The number of aryl methyl sites for hydroxylation is 2. The van der Waals surface area contributed by atoms with Gasteiger partial charge in [-0.2, -0.15) is 0 Å². The molecule has 0 heterocycles. The van der Waals surface area contributed by atoms with Gasteiger partial charge in [0.1, 0.15) is 0 Å². The first-order valence-electron chi connectivity index (χ1n) is 9.27. The Hall–Kier alpha value is -3.14. The molecule has 3 aromatic rings. The molecule has 3 aromatic carbocycles. The van der Waals surface area contributed by atoms with Crippen LogP contribution >= 0.6 is 0 Å². The van der Waals surface area contributed by atoms with E-state index in [1.807, 2.05) is 49.4 Å². The number of rotatable bonds is 5. The van der Waals surface area contributed by atoms with Gasteiger partial charge < -0.3 is 10.1 Å². The van der Waals surface area contributed by atoms with E-state index in [4.69, 9.17) is 4.74 Å². The first-order chi connectivity index (χ1) is 13.2. The monoisotopic (exact) mass is 359 g/mol. The highest BCUT2D eigenvalue weighted by molar-refractivity contribution is 6.08. The second-order valence-corrected chi connectivity index (χ2v) is 6.77. The molecule has 27 heavy (non-hydrogen) atoms. The average molecular weight is 359 g/mol. The minimum absolute atomic E-state index is 0.317. The predicted octanol–water partition coefficient (Wildman–Crippen LogP) is 4.51. The number of ether oxygens (including phenoxy) is 1. The van der Waals surface area contributed by atoms with Crippen molar-refractivity contribution in [3.63, 3.8) is 0 Å². The molecule has 0 saturated heterocycles. The van der Waals surface area contributed by atoms with E-state index in [1.54, 1.807) is 12.1 Å². The SMILES string of the molecule is CC[C@@H](OC(=O)c1ccc2c3c(cccc13)CC2)C(=O)Nc1ccccc1. The van der Waals surface area contributed by atoms with Gasteiger partial charge in [-0.25, -0.2) is 4.79 Å². The number of amides is 1. The molecule has 0 unspecified atom stereocenters. The van der Waals surface area contributed by atoms with Crippen LogP contribution in [0.3, 0.4) is 0 Å². The molecule has 1 N–H and O–H groups in total. The van der Waals surface area contributed by atoms with E-state index in [-0.39, 0.29) is 5.91 Å². The summed E-state index contributed by atoms with van der Waals surface area (Å²) in [5, 5.41) is 4.87. The third-order valence-electron chi connectivity index (χ3n) is 5.05. The lowest BCUT2D eigenvalue weighted by atomic mass is 10.00. The van der Waals surface area contributed by atoms with Crippen molar-refractivity contribution in [2.24, 2.45) is 0 Å². The first-order valence-corrected chi connectivity index (χ1v) is 9.27. The summed E-state index contributed by atoms with van der Waals surface area (Å²) in [7, 11) is 0. The van der Waals surface area contributed by atoms with Crippen LogP contribution in [0.2, 0.25) is 0 Å². The van der Waals surface area contributed by atoms with E-state index >= 15 is 0 Å². The minimum Gasteiger partial charge on any atom is -0.449 e. The Kier molecular flexibility index (Phi) is 4.63. The molecule has 1 amide bonds. The van der Waals surface area contributed by atoms with Gasteiger partial charge in [0.15, 0.2) is 6.10 Å². The first kappa shape index (κ1) is 17.3. The second-order valence-electron chi connectivity index (χ2n) is 6.77. The predicted molar refractivity (Wildman–Crippen MR) is 106 cm³/mol. The van der Waals surface area contributed by atoms with Crippen LogP contribution < -0.4 is 5.32 Å². The van der Waals surface area contributed by atoms with Crippen LogP contribution in [0.15, 0.2) is 60.7 Å². The fourth-order valence-corrected chi connectivity index (χ4v) is 3.68. The highest BCUT2D eigenvalue weighted by Crippen LogP contribution is 2.33. The van der Waals surface area contributed by atoms with Gasteiger partial charge in [-0.3, -0.25) is 4.79 Å². The highest BCUT2D eigenvalue weighted by Gasteiger charge is 2.25. The zero-order valence-electron chi connectivity index (χ0n) is 15.2. The third-order valence-corrected chi connectivity index (χ3v) is 5.05. The molecule has 4 nitrogen and oxygen atoms in total. The Morgan fingerprint density at radius 2 is 1.70 bits per heavy atom. The largest absolute Gasteiger partial charge is 0.449 e. The van der Waals surface area contributed by atoms with Crippen molar-refractivity contribution >= 4 is 28.3 Å². The normalized spacial score (nSPS) is 13.4. The summed E-state index contributed by atoms with van der Waals surface area (Å²) in [6.45, 7) is 1.83. The molecule has 0 saturated carbocycles. The maximum atomic E-state index is 12.8. The Balaban J connectivity index is 1.56. The summed E-state index contributed by atoms with van der Waals surface area (Å²) in [5.74, 6) is -0.774. The number of hydrogen-bond acceptors (Lipinski definition) is 3. The van der Waals surface area contributed by atoms with Crippen LogP contribution in [0.5, 0.6) is 0 Å². The molecule has 1 aliphatic rings. The summed E-state index contributed by atoms with van der Waals surface area (Å²) in [6.07, 6.45) is 1.58. The number of carbonyl (C=O) groups excluding carboxylic acids is 2. The molecule has 0 spiro atoms. The van der Waals surface area contributed by atoms with Crippen molar-refractivity contribution in [1.82, 2.24) is 0 Å². The highest BCUT2D eigenvalue weighted by atomic mass is 16.5. The minimum atomic E-state index is -0.833. The van der Waals surface area contributed by atoms with Crippen molar-refractivity contribution < 1.29 is 14.3 Å². The van der Waals surface area contributed by atoms with E-state index in [2.05, 4.69) is 11.4 Å². The quantitative estimate of drug-likeness (QED) is 0.682. The third kappa shape index (κ3) is 3.31. The van der Waals surface area contributed by atoms with Gasteiger partial charge in [-0.1, -0.05) is 49.4 Å². The molecule has 0 fully saturated rings.